The van der Waals surface area contributed by atoms with Crippen molar-refractivity contribution >= 4 is 11.6 Å². The minimum Gasteiger partial charge on any atom is -0.370 e. The van der Waals surface area contributed by atoms with Crippen molar-refractivity contribution in [3.8, 4) is 0 Å². The Balaban J connectivity index is 3.08. The highest BCUT2D eigenvalue weighted by atomic mass is 15.2. The monoisotopic (exact) mass is 278 g/mol. The molecule has 0 radical (unpaired) electrons. The van der Waals surface area contributed by atoms with Gasteiger partial charge in [-0.1, -0.05) is 27.2 Å². The Morgan fingerprint density at radius 3 is 2.35 bits per heavy atom. The van der Waals surface area contributed by atoms with E-state index in [1.807, 2.05) is 0 Å². The summed E-state index contributed by atoms with van der Waals surface area (Å²) in [6.45, 7) is 13.9. The fraction of sp³-hybridized carbons (Fsp3) is 0.750. The van der Waals surface area contributed by atoms with Crippen molar-refractivity contribution in [2.75, 3.05) is 29.9 Å². The lowest BCUT2D eigenvalue weighted by molar-refractivity contribution is 0.716. The molecule has 0 aliphatic rings. The lowest BCUT2D eigenvalue weighted by atomic mass is 10.2. The summed E-state index contributed by atoms with van der Waals surface area (Å²) in [5.74, 6) is 3.04. The van der Waals surface area contributed by atoms with Crippen LogP contribution in [0.2, 0.25) is 0 Å². The van der Waals surface area contributed by atoms with Crippen LogP contribution in [0.25, 0.3) is 0 Å². The van der Waals surface area contributed by atoms with Gasteiger partial charge in [-0.15, -0.1) is 0 Å². The van der Waals surface area contributed by atoms with Crippen molar-refractivity contribution < 1.29 is 0 Å². The Hall–Kier alpha value is -1.32. The number of hydrogen-bond donors (Lipinski definition) is 1. The van der Waals surface area contributed by atoms with E-state index in [9.17, 15) is 0 Å². The summed E-state index contributed by atoms with van der Waals surface area (Å²) >= 11 is 0. The van der Waals surface area contributed by atoms with Gasteiger partial charge in [0.15, 0.2) is 0 Å². The minimum atomic E-state index is 0.874. The van der Waals surface area contributed by atoms with Crippen LogP contribution in [0.4, 0.5) is 11.6 Å². The molecule has 0 unspecified atom stereocenters. The predicted octanol–water partition coefficient (Wildman–Crippen LogP) is 3.80. The van der Waals surface area contributed by atoms with E-state index in [4.69, 9.17) is 4.98 Å². The zero-order valence-electron chi connectivity index (χ0n) is 13.8. The summed E-state index contributed by atoms with van der Waals surface area (Å²) in [6, 6.07) is 0. The van der Waals surface area contributed by atoms with E-state index in [2.05, 4.69) is 49.8 Å². The molecule has 0 saturated heterocycles. The molecule has 0 saturated carbocycles. The molecule has 0 amide bonds. The van der Waals surface area contributed by atoms with E-state index < -0.39 is 0 Å². The first-order valence-electron chi connectivity index (χ1n) is 8.04. The van der Waals surface area contributed by atoms with E-state index in [0.29, 0.717) is 0 Å². The van der Waals surface area contributed by atoms with Crippen molar-refractivity contribution in [3.05, 3.63) is 11.4 Å². The van der Waals surface area contributed by atoms with E-state index in [0.717, 1.165) is 49.9 Å². The molecule has 114 valence electrons. The standard InChI is InChI=1S/C16H30N4/c1-6-10-12-20(9-4)16-13(5)15(17-11-7-2)18-14(8-3)19-16/h6-12H2,1-5H3,(H,17,18,19). The van der Waals surface area contributed by atoms with Gasteiger partial charge in [0.1, 0.15) is 17.5 Å². The average Bonchev–Trinajstić information content (AvgIpc) is 2.48. The van der Waals surface area contributed by atoms with Crippen LogP contribution < -0.4 is 10.2 Å². The van der Waals surface area contributed by atoms with Crippen LogP contribution in [0.1, 0.15) is 58.3 Å². The molecule has 1 aromatic heterocycles. The lowest BCUT2D eigenvalue weighted by Crippen LogP contribution is -2.27. The number of anilines is 2. The quantitative estimate of drug-likeness (QED) is 0.746. The maximum Gasteiger partial charge on any atom is 0.137 e. The normalized spacial score (nSPS) is 10.7. The van der Waals surface area contributed by atoms with Gasteiger partial charge in [0.05, 0.1) is 0 Å². The van der Waals surface area contributed by atoms with Gasteiger partial charge in [-0.3, -0.25) is 0 Å². The lowest BCUT2D eigenvalue weighted by Gasteiger charge is -2.25. The van der Waals surface area contributed by atoms with Crippen LogP contribution >= 0.6 is 0 Å². The van der Waals surface area contributed by atoms with Gasteiger partial charge in [0.2, 0.25) is 0 Å². The second-order valence-electron chi connectivity index (χ2n) is 5.15. The predicted molar refractivity (Wildman–Crippen MR) is 87.7 cm³/mol. The molecule has 0 atom stereocenters. The Morgan fingerprint density at radius 1 is 1.05 bits per heavy atom. The Bertz CT molecular complexity index is 404. The molecule has 1 aromatic rings. The summed E-state index contributed by atoms with van der Waals surface area (Å²) in [5.41, 5.74) is 1.17. The molecule has 0 fully saturated rings. The second kappa shape index (κ2) is 8.77. The van der Waals surface area contributed by atoms with Gasteiger partial charge in [0, 0.05) is 31.6 Å². The number of nitrogens with zero attached hydrogens (tertiary/aromatic N) is 3. The molecule has 1 heterocycles. The Kier molecular flexibility index (Phi) is 7.34. The molecule has 0 bridgehead atoms. The summed E-state index contributed by atoms with van der Waals surface area (Å²) in [6.07, 6.45) is 4.39. The summed E-state index contributed by atoms with van der Waals surface area (Å²) in [4.78, 5) is 11.8. The van der Waals surface area contributed by atoms with Crippen LogP contribution in [0, 0.1) is 6.92 Å². The van der Waals surface area contributed by atoms with Crippen LogP contribution in [-0.4, -0.2) is 29.6 Å². The zero-order chi connectivity index (χ0) is 15.0. The van der Waals surface area contributed by atoms with Crippen molar-refractivity contribution in [1.29, 1.82) is 0 Å². The smallest absolute Gasteiger partial charge is 0.137 e. The molecular formula is C16H30N4. The summed E-state index contributed by atoms with van der Waals surface area (Å²) < 4.78 is 0. The highest BCUT2D eigenvalue weighted by Crippen LogP contribution is 2.24. The summed E-state index contributed by atoms with van der Waals surface area (Å²) in [7, 11) is 0. The zero-order valence-corrected chi connectivity index (χ0v) is 13.8. The van der Waals surface area contributed by atoms with Gasteiger partial charge in [-0.25, -0.2) is 9.97 Å². The van der Waals surface area contributed by atoms with Gasteiger partial charge >= 0.3 is 0 Å². The molecular weight excluding hydrogens is 248 g/mol. The fourth-order valence-corrected chi connectivity index (χ4v) is 2.19. The van der Waals surface area contributed by atoms with E-state index in [-0.39, 0.29) is 0 Å². The molecule has 20 heavy (non-hydrogen) atoms. The highest BCUT2D eigenvalue weighted by molar-refractivity contribution is 5.58. The third-order valence-corrected chi connectivity index (χ3v) is 3.49. The number of nitrogens with one attached hydrogen (secondary N) is 1. The Morgan fingerprint density at radius 2 is 1.80 bits per heavy atom. The van der Waals surface area contributed by atoms with Crippen molar-refractivity contribution in [1.82, 2.24) is 9.97 Å². The first-order chi connectivity index (χ1) is 9.67. The first kappa shape index (κ1) is 16.7. The van der Waals surface area contributed by atoms with Crippen molar-refractivity contribution in [3.63, 3.8) is 0 Å². The van der Waals surface area contributed by atoms with Crippen LogP contribution in [0.5, 0.6) is 0 Å². The highest BCUT2D eigenvalue weighted by Gasteiger charge is 2.14. The fourth-order valence-electron chi connectivity index (χ4n) is 2.19. The Labute approximate surface area is 124 Å². The third kappa shape index (κ3) is 4.36. The van der Waals surface area contributed by atoms with E-state index in [1.54, 1.807) is 0 Å². The van der Waals surface area contributed by atoms with Crippen LogP contribution in [-0.2, 0) is 6.42 Å². The maximum absolute atomic E-state index is 4.76. The molecule has 0 aliphatic heterocycles. The van der Waals surface area contributed by atoms with Gasteiger partial charge in [-0.2, -0.15) is 0 Å². The van der Waals surface area contributed by atoms with Crippen molar-refractivity contribution in [2.45, 2.75) is 60.3 Å². The molecule has 1 N–H and O–H groups in total. The molecule has 4 heteroatoms. The number of hydrogen-bond acceptors (Lipinski definition) is 4. The number of aromatic nitrogens is 2. The first-order valence-corrected chi connectivity index (χ1v) is 8.04. The third-order valence-electron chi connectivity index (χ3n) is 3.49. The average molecular weight is 278 g/mol. The van der Waals surface area contributed by atoms with Gasteiger partial charge < -0.3 is 10.2 Å². The van der Waals surface area contributed by atoms with E-state index >= 15 is 0 Å². The van der Waals surface area contributed by atoms with E-state index in [1.165, 1.54) is 18.4 Å². The van der Waals surface area contributed by atoms with Crippen molar-refractivity contribution in [2.24, 2.45) is 0 Å². The maximum atomic E-state index is 4.76. The number of unbranched alkanes of at least 4 members (excludes halogenated alkanes) is 1. The number of aryl methyl sites for hydroxylation is 1. The largest absolute Gasteiger partial charge is 0.370 e. The van der Waals surface area contributed by atoms with Crippen LogP contribution in [0.3, 0.4) is 0 Å². The summed E-state index contributed by atoms with van der Waals surface area (Å²) in [5, 5.41) is 3.44. The topological polar surface area (TPSA) is 41.1 Å². The van der Waals surface area contributed by atoms with Gasteiger partial charge in [0.25, 0.3) is 0 Å². The molecule has 0 spiro atoms. The minimum absolute atomic E-state index is 0.874. The molecule has 0 aliphatic carbocycles. The SMILES string of the molecule is CCCCN(CC)c1nc(CC)nc(NCCC)c1C. The number of rotatable bonds is 9. The molecule has 4 nitrogen and oxygen atoms in total. The van der Waals surface area contributed by atoms with Gasteiger partial charge in [-0.05, 0) is 26.7 Å². The van der Waals surface area contributed by atoms with Crippen LogP contribution in [0.15, 0.2) is 0 Å². The second-order valence-corrected chi connectivity index (χ2v) is 5.15. The molecule has 0 aromatic carbocycles. The molecule has 1 rings (SSSR count).